The maximum Gasteiger partial charge on any atom is 0.301 e. The van der Waals surface area contributed by atoms with E-state index < -0.39 is 0 Å². The molecule has 2 aromatic carbocycles. The summed E-state index contributed by atoms with van der Waals surface area (Å²) in [6.45, 7) is 8.09. The lowest BCUT2D eigenvalue weighted by Crippen LogP contribution is -2.19. The highest BCUT2D eigenvalue weighted by molar-refractivity contribution is 6.18. The van der Waals surface area contributed by atoms with Gasteiger partial charge in [0.1, 0.15) is 42.7 Å². The molecule has 1 heterocycles. The molecule has 0 spiro atoms. The minimum atomic E-state index is -0.348. The molecule has 0 aliphatic carbocycles. The molecule has 0 bridgehead atoms. The standard InChI is InChI=1S/C25H26ClN3O4/c1-16-11-20(12-18(13-27)23(16)31-10-9-26)25(3,4)19-5-7-22(8-6-19)32-14-21-15-33-24(29-21)28-17(2)30/h5-8,11-12,15H,9-10,14H2,1-4H3,(H,28,29,30). The van der Waals surface area contributed by atoms with E-state index in [1.807, 2.05) is 43.3 Å². The molecule has 7 nitrogen and oxygen atoms in total. The van der Waals surface area contributed by atoms with Crippen LogP contribution in [0.2, 0.25) is 0 Å². The van der Waals surface area contributed by atoms with E-state index in [1.165, 1.54) is 13.2 Å². The van der Waals surface area contributed by atoms with E-state index in [2.05, 4.69) is 30.2 Å². The van der Waals surface area contributed by atoms with Crippen LogP contribution in [0, 0.1) is 18.3 Å². The third-order valence-electron chi connectivity index (χ3n) is 5.24. The van der Waals surface area contributed by atoms with Gasteiger partial charge < -0.3 is 13.9 Å². The second kappa shape index (κ2) is 10.4. The van der Waals surface area contributed by atoms with Gasteiger partial charge in [-0.2, -0.15) is 10.2 Å². The van der Waals surface area contributed by atoms with Gasteiger partial charge in [-0.05, 0) is 41.8 Å². The van der Waals surface area contributed by atoms with Gasteiger partial charge in [-0.25, -0.2) is 0 Å². The number of alkyl halides is 1. The van der Waals surface area contributed by atoms with Crippen LogP contribution in [0.1, 0.15) is 48.7 Å². The highest BCUT2D eigenvalue weighted by Crippen LogP contribution is 2.36. The van der Waals surface area contributed by atoms with Crippen molar-refractivity contribution < 1.29 is 18.7 Å². The normalized spacial score (nSPS) is 11.0. The van der Waals surface area contributed by atoms with Crippen molar-refractivity contribution in [3.63, 3.8) is 0 Å². The number of anilines is 1. The van der Waals surface area contributed by atoms with Gasteiger partial charge in [0, 0.05) is 12.3 Å². The molecule has 0 radical (unpaired) electrons. The summed E-state index contributed by atoms with van der Waals surface area (Å²) in [5.41, 5.74) is 3.69. The van der Waals surface area contributed by atoms with Crippen LogP contribution in [-0.4, -0.2) is 23.4 Å². The predicted molar refractivity (Wildman–Crippen MR) is 126 cm³/mol. The van der Waals surface area contributed by atoms with Crippen LogP contribution in [0.25, 0.3) is 0 Å². The highest BCUT2D eigenvalue weighted by Gasteiger charge is 2.25. The fourth-order valence-electron chi connectivity index (χ4n) is 3.42. The number of halogens is 1. The van der Waals surface area contributed by atoms with Crippen molar-refractivity contribution in [2.24, 2.45) is 0 Å². The number of oxazole rings is 1. The summed E-state index contributed by atoms with van der Waals surface area (Å²) in [5, 5.41) is 12.1. The largest absolute Gasteiger partial charge is 0.491 e. The maximum absolute atomic E-state index is 11.1. The Morgan fingerprint density at radius 1 is 1.21 bits per heavy atom. The summed E-state index contributed by atoms with van der Waals surface area (Å²) in [7, 11) is 0. The monoisotopic (exact) mass is 467 g/mol. The minimum absolute atomic E-state index is 0.143. The van der Waals surface area contributed by atoms with Crippen molar-refractivity contribution in [2.45, 2.75) is 39.7 Å². The topological polar surface area (TPSA) is 97.4 Å². The molecule has 172 valence electrons. The molecular formula is C25H26ClN3O4. The molecule has 3 aromatic rings. The zero-order chi connectivity index (χ0) is 24.0. The van der Waals surface area contributed by atoms with Gasteiger partial charge in [0.2, 0.25) is 5.91 Å². The number of aryl methyl sites for hydroxylation is 1. The van der Waals surface area contributed by atoms with Crippen LogP contribution in [-0.2, 0) is 16.8 Å². The lowest BCUT2D eigenvalue weighted by Gasteiger charge is -2.27. The van der Waals surface area contributed by atoms with Crippen LogP contribution in [0.4, 0.5) is 6.01 Å². The van der Waals surface area contributed by atoms with Crippen molar-refractivity contribution in [3.05, 3.63) is 70.6 Å². The van der Waals surface area contributed by atoms with Crippen LogP contribution < -0.4 is 14.8 Å². The molecule has 1 amide bonds. The quantitative estimate of drug-likeness (QED) is 0.427. The zero-order valence-electron chi connectivity index (χ0n) is 19.1. The van der Waals surface area contributed by atoms with Crippen molar-refractivity contribution >= 4 is 23.5 Å². The lowest BCUT2D eigenvalue weighted by atomic mass is 9.77. The van der Waals surface area contributed by atoms with Crippen molar-refractivity contribution in [1.82, 2.24) is 4.98 Å². The molecule has 33 heavy (non-hydrogen) atoms. The van der Waals surface area contributed by atoms with Crippen LogP contribution in [0.3, 0.4) is 0 Å². The molecule has 1 N–H and O–H groups in total. The van der Waals surface area contributed by atoms with E-state index in [0.29, 0.717) is 35.2 Å². The van der Waals surface area contributed by atoms with Gasteiger partial charge >= 0.3 is 6.01 Å². The van der Waals surface area contributed by atoms with Crippen molar-refractivity contribution in [2.75, 3.05) is 17.8 Å². The maximum atomic E-state index is 11.1. The van der Waals surface area contributed by atoms with Gasteiger partial charge in [0.25, 0.3) is 0 Å². The van der Waals surface area contributed by atoms with Gasteiger partial charge in [-0.1, -0.05) is 32.0 Å². The third-order valence-corrected chi connectivity index (χ3v) is 5.39. The fourth-order valence-corrected chi connectivity index (χ4v) is 3.50. The van der Waals surface area contributed by atoms with E-state index in [0.717, 1.165) is 16.7 Å². The molecule has 0 saturated heterocycles. The first-order chi connectivity index (χ1) is 15.7. The molecule has 8 heteroatoms. The number of aromatic nitrogens is 1. The smallest absolute Gasteiger partial charge is 0.301 e. The first kappa shape index (κ1) is 24.1. The Kier molecular flexibility index (Phi) is 7.62. The summed E-state index contributed by atoms with van der Waals surface area (Å²) < 4.78 is 16.6. The molecule has 0 fully saturated rings. The minimum Gasteiger partial charge on any atom is -0.491 e. The summed E-state index contributed by atoms with van der Waals surface area (Å²) in [6.07, 6.45) is 1.44. The summed E-state index contributed by atoms with van der Waals surface area (Å²) in [5.74, 6) is 1.37. The molecule has 0 saturated carbocycles. The van der Waals surface area contributed by atoms with Gasteiger partial charge in [-0.3, -0.25) is 10.1 Å². The lowest BCUT2D eigenvalue weighted by molar-refractivity contribution is -0.114. The first-order valence-corrected chi connectivity index (χ1v) is 11.0. The number of amides is 1. The first-order valence-electron chi connectivity index (χ1n) is 10.4. The molecule has 1 aromatic heterocycles. The van der Waals surface area contributed by atoms with Crippen LogP contribution >= 0.6 is 11.6 Å². The predicted octanol–water partition coefficient (Wildman–Crippen LogP) is 5.34. The number of nitrogens with one attached hydrogen (secondary N) is 1. The van der Waals surface area contributed by atoms with E-state index >= 15 is 0 Å². The number of carbonyl (C=O) groups is 1. The number of nitrogens with zero attached hydrogens (tertiary/aromatic N) is 2. The Bertz CT molecular complexity index is 1160. The second-order valence-corrected chi connectivity index (χ2v) is 8.46. The van der Waals surface area contributed by atoms with Gasteiger partial charge in [0.15, 0.2) is 0 Å². The fraction of sp³-hybridized carbons (Fsp3) is 0.320. The molecule has 0 aliphatic heterocycles. The van der Waals surface area contributed by atoms with Gasteiger partial charge in [-0.15, -0.1) is 11.6 Å². The molecular weight excluding hydrogens is 442 g/mol. The molecule has 0 atom stereocenters. The number of hydrogen-bond donors (Lipinski definition) is 1. The highest BCUT2D eigenvalue weighted by atomic mass is 35.5. The number of hydrogen-bond acceptors (Lipinski definition) is 6. The Morgan fingerprint density at radius 2 is 1.94 bits per heavy atom. The number of nitriles is 1. The third kappa shape index (κ3) is 5.85. The van der Waals surface area contributed by atoms with Crippen LogP contribution in [0.5, 0.6) is 11.5 Å². The van der Waals surface area contributed by atoms with Gasteiger partial charge in [0.05, 0.1) is 11.4 Å². The summed E-state index contributed by atoms with van der Waals surface area (Å²) >= 11 is 5.73. The number of ether oxygens (including phenoxy) is 2. The molecule has 0 unspecified atom stereocenters. The molecule has 3 rings (SSSR count). The van der Waals surface area contributed by atoms with E-state index in [-0.39, 0.29) is 23.9 Å². The van der Waals surface area contributed by atoms with E-state index in [9.17, 15) is 10.1 Å². The summed E-state index contributed by atoms with van der Waals surface area (Å²) in [4.78, 5) is 15.2. The average molecular weight is 468 g/mol. The Balaban J connectivity index is 1.74. The number of benzene rings is 2. The average Bonchev–Trinajstić information content (AvgIpc) is 3.23. The Hall–Kier alpha value is -3.50. The zero-order valence-corrected chi connectivity index (χ0v) is 19.8. The Morgan fingerprint density at radius 3 is 2.58 bits per heavy atom. The number of rotatable bonds is 9. The Labute approximate surface area is 198 Å². The molecule has 0 aliphatic rings. The second-order valence-electron chi connectivity index (χ2n) is 8.08. The van der Waals surface area contributed by atoms with Crippen LogP contribution in [0.15, 0.2) is 47.1 Å². The van der Waals surface area contributed by atoms with E-state index in [4.69, 9.17) is 25.5 Å². The number of carbonyl (C=O) groups excluding carboxylic acids is 1. The van der Waals surface area contributed by atoms with Crippen molar-refractivity contribution in [3.8, 4) is 17.6 Å². The SMILES string of the molecule is CC(=O)Nc1nc(COc2ccc(C(C)(C)c3cc(C)c(OCCCl)c(C#N)c3)cc2)co1. The van der Waals surface area contributed by atoms with E-state index in [1.54, 1.807) is 0 Å². The summed E-state index contributed by atoms with van der Waals surface area (Å²) in [6, 6.07) is 14.1. The van der Waals surface area contributed by atoms with Crippen molar-refractivity contribution in [1.29, 1.82) is 5.26 Å².